The van der Waals surface area contributed by atoms with Gasteiger partial charge in [0.1, 0.15) is 5.54 Å². The summed E-state index contributed by atoms with van der Waals surface area (Å²) in [7, 11) is 1.45. The molecule has 2 atom stereocenters. The smallest absolute Gasteiger partial charge is 0.326 e. The quantitative estimate of drug-likeness (QED) is 0.849. The van der Waals surface area contributed by atoms with E-state index in [0.717, 1.165) is 6.42 Å². The van der Waals surface area contributed by atoms with Crippen LogP contribution in [0, 0.1) is 0 Å². The van der Waals surface area contributed by atoms with Crippen LogP contribution in [0.3, 0.4) is 0 Å². The molecule has 1 fully saturated rings. The number of methoxy groups -OCH3 is 1. The third-order valence-corrected chi connectivity index (χ3v) is 5.04. The summed E-state index contributed by atoms with van der Waals surface area (Å²) in [5, 5.41) is 5.48. The van der Waals surface area contributed by atoms with E-state index < -0.39 is 5.54 Å². The molecule has 20 heavy (non-hydrogen) atoms. The molecule has 1 aliphatic heterocycles. The predicted molar refractivity (Wildman–Crippen MR) is 79.8 cm³/mol. The van der Waals surface area contributed by atoms with Crippen molar-refractivity contribution < 1.29 is 14.3 Å². The molecule has 0 aromatic carbocycles. The second-order valence-corrected chi connectivity index (χ2v) is 6.62. The third-order valence-electron chi connectivity index (χ3n) is 4.16. The standard InChI is InChI=1S/C15H23NO3S/c1-4-14(2)11-15(7-8-19-14,13(17)18-3)16-10-12-6-5-9-20-12/h5-6,9,16H,4,7-8,10-11H2,1-3H3. The fraction of sp³-hybridized carbons (Fsp3) is 0.667. The largest absolute Gasteiger partial charge is 0.468 e. The van der Waals surface area contributed by atoms with Gasteiger partial charge in [-0.1, -0.05) is 13.0 Å². The van der Waals surface area contributed by atoms with Gasteiger partial charge in [-0.05, 0) is 31.2 Å². The summed E-state index contributed by atoms with van der Waals surface area (Å²) in [5.41, 5.74) is -0.906. The summed E-state index contributed by atoms with van der Waals surface area (Å²) in [4.78, 5) is 13.5. The monoisotopic (exact) mass is 297 g/mol. The zero-order valence-electron chi connectivity index (χ0n) is 12.4. The number of thiophene rings is 1. The molecule has 1 aliphatic rings. The highest BCUT2D eigenvalue weighted by molar-refractivity contribution is 7.09. The molecule has 0 amide bonds. The van der Waals surface area contributed by atoms with Gasteiger partial charge in [0.05, 0.1) is 12.7 Å². The van der Waals surface area contributed by atoms with E-state index in [1.54, 1.807) is 11.3 Å². The highest BCUT2D eigenvalue weighted by atomic mass is 32.1. The van der Waals surface area contributed by atoms with E-state index in [2.05, 4.69) is 25.2 Å². The van der Waals surface area contributed by atoms with Crippen LogP contribution < -0.4 is 5.32 Å². The lowest BCUT2D eigenvalue weighted by Crippen LogP contribution is -2.60. The zero-order valence-corrected chi connectivity index (χ0v) is 13.2. The lowest BCUT2D eigenvalue weighted by atomic mass is 9.79. The fourth-order valence-electron chi connectivity index (χ4n) is 2.74. The molecule has 5 heteroatoms. The molecular weight excluding hydrogens is 274 g/mol. The van der Waals surface area contributed by atoms with Gasteiger partial charge in [-0.3, -0.25) is 10.1 Å². The van der Waals surface area contributed by atoms with Gasteiger partial charge in [0.15, 0.2) is 0 Å². The van der Waals surface area contributed by atoms with Crippen molar-refractivity contribution in [2.45, 2.75) is 50.8 Å². The van der Waals surface area contributed by atoms with Crippen LogP contribution in [0.5, 0.6) is 0 Å². The molecule has 2 rings (SSSR count). The average molecular weight is 297 g/mol. The van der Waals surface area contributed by atoms with Gasteiger partial charge in [0, 0.05) is 24.4 Å². The predicted octanol–water partition coefficient (Wildman–Crippen LogP) is 2.73. The third kappa shape index (κ3) is 3.22. The van der Waals surface area contributed by atoms with Crippen LogP contribution in [0.2, 0.25) is 0 Å². The molecule has 4 nitrogen and oxygen atoms in total. The van der Waals surface area contributed by atoms with Gasteiger partial charge in [-0.2, -0.15) is 0 Å². The summed E-state index contributed by atoms with van der Waals surface area (Å²) in [6, 6.07) is 4.09. The number of esters is 1. The van der Waals surface area contributed by atoms with Crippen LogP contribution in [0.15, 0.2) is 17.5 Å². The molecular formula is C15H23NO3S. The number of hydrogen-bond acceptors (Lipinski definition) is 5. The first kappa shape index (κ1) is 15.5. The lowest BCUT2D eigenvalue weighted by molar-refractivity contribution is -0.163. The van der Waals surface area contributed by atoms with Crippen molar-refractivity contribution >= 4 is 17.3 Å². The molecule has 0 aliphatic carbocycles. The van der Waals surface area contributed by atoms with E-state index in [-0.39, 0.29) is 11.6 Å². The van der Waals surface area contributed by atoms with Gasteiger partial charge in [0.2, 0.25) is 0 Å². The minimum Gasteiger partial charge on any atom is -0.468 e. The van der Waals surface area contributed by atoms with Crippen molar-refractivity contribution in [3.05, 3.63) is 22.4 Å². The van der Waals surface area contributed by atoms with E-state index >= 15 is 0 Å². The first-order chi connectivity index (χ1) is 9.53. The maximum atomic E-state index is 12.3. The Balaban J connectivity index is 2.15. The number of carbonyl (C=O) groups is 1. The molecule has 1 saturated heterocycles. The SMILES string of the molecule is CCC1(C)CC(NCc2cccs2)(C(=O)OC)CCO1. The maximum Gasteiger partial charge on any atom is 0.326 e. The first-order valence-corrected chi connectivity index (χ1v) is 7.91. The summed E-state index contributed by atoms with van der Waals surface area (Å²) < 4.78 is 10.9. The van der Waals surface area contributed by atoms with Gasteiger partial charge >= 0.3 is 5.97 Å². The number of hydrogen-bond donors (Lipinski definition) is 1. The maximum absolute atomic E-state index is 12.3. The average Bonchev–Trinajstić information content (AvgIpc) is 2.98. The highest BCUT2D eigenvalue weighted by Gasteiger charge is 2.48. The number of nitrogens with one attached hydrogen (secondary N) is 1. The number of carbonyl (C=O) groups excluding carboxylic acids is 1. The number of ether oxygens (including phenoxy) is 2. The lowest BCUT2D eigenvalue weighted by Gasteiger charge is -2.44. The second kappa shape index (κ2) is 6.24. The van der Waals surface area contributed by atoms with Crippen LogP contribution in [0.25, 0.3) is 0 Å². The summed E-state index contributed by atoms with van der Waals surface area (Å²) in [5.74, 6) is -0.183. The van der Waals surface area contributed by atoms with Crippen molar-refractivity contribution in [3.63, 3.8) is 0 Å². The highest BCUT2D eigenvalue weighted by Crippen LogP contribution is 2.35. The fourth-order valence-corrected chi connectivity index (χ4v) is 3.38. The van der Waals surface area contributed by atoms with Crippen molar-refractivity contribution in [3.8, 4) is 0 Å². The zero-order chi connectivity index (χ0) is 14.6. The Bertz CT molecular complexity index is 448. The van der Waals surface area contributed by atoms with Gasteiger partial charge in [0.25, 0.3) is 0 Å². The van der Waals surface area contributed by atoms with E-state index in [4.69, 9.17) is 9.47 Å². The van der Waals surface area contributed by atoms with Crippen molar-refractivity contribution in [2.75, 3.05) is 13.7 Å². The molecule has 112 valence electrons. The Morgan fingerprint density at radius 2 is 2.40 bits per heavy atom. The molecule has 2 unspecified atom stereocenters. The molecule has 0 spiro atoms. The van der Waals surface area contributed by atoms with Gasteiger partial charge < -0.3 is 9.47 Å². The summed E-state index contributed by atoms with van der Waals surface area (Å²) in [6.45, 7) is 5.42. The summed E-state index contributed by atoms with van der Waals surface area (Å²) in [6.07, 6.45) is 2.18. The Labute approximate surface area is 124 Å². The van der Waals surface area contributed by atoms with Crippen LogP contribution in [-0.4, -0.2) is 30.8 Å². The molecule has 1 N–H and O–H groups in total. The topological polar surface area (TPSA) is 47.6 Å². The molecule has 2 heterocycles. The molecule has 0 radical (unpaired) electrons. The van der Waals surface area contributed by atoms with Gasteiger partial charge in [-0.15, -0.1) is 11.3 Å². The van der Waals surface area contributed by atoms with Crippen LogP contribution in [0.4, 0.5) is 0 Å². The molecule has 0 saturated carbocycles. The minimum atomic E-state index is -0.637. The van der Waals surface area contributed by atoms with E-state index in [0.29, 0.717) is 26.0 Å². The Morgan fingerprint density at radius 1 is 1.60 bits per heavy atom. The van der Waals surface area contributed by atoms with Gasteiger partial charge in [-0.25, -0.2) is 0 Å². The Kier molecular flexibility index (Phi) is 4.83. The van der Waals surface area contributed by atoms with E-state index in [9.17, 15) is 4.79 Å². The normalized spacial score (nSPS) is 30.1. The summed E-state index contributed by atoms with van der Waals surface area (Å²) >= 11 is 1.69. The molecule has 1 aromatic heterocycles. The van der Waals surface area contributed by atoms with E-state index in [1.165, 1.54) is 12.0 Å². The number of rotatable bonds is 5. The van der Waals surface area contributed by atoms with Crippen molar-refractivity contribution in [1.82, 2.24) is 5.32 Å². The van der Waals surface area contributed by atoms with Crippen LogP contribution >= 0.6 is 11.3 Å². The first-order valence-electron chi connectivity index (χ1n) is 7.03. The van der Waals surface area contributed by atoms with Crippen molar-refractivity contribution in [2.24, 2.45) is 0 Å². The molecule has 0 bridgehead atoms. The van der Waals surface area contributed by atoms with Crippen LogP contribution in [0.1, 0.15) is 38.0 Å². The Hall–Kier alpha value is -0.910. The second-order valence-electron chi connectivity index (χ2n) is 5.59. The van der Waals surface area contributed by atoms with E-state index in [1.807, 2.05) is 11.4 Å². The minimum absolute atomic E-state index is 0.183. The molecule has 1 aromatic rings. The van der Waals surface area contributed by atoms with Crippen molar-refractivity contribution in [1.29, 1.82) is 0 Å². The van der Waals surface area contributed by atoms with Crippen LogP contribution in [-0.2, 0) is 20.8 Å². The Morgan fingerprint density at radius 3 is 3.00 bits per heavy atom.